The van der Waals surface area contributed by atoms with Crippen LogP contribution in [-0.4, -0.2) is 13.2 Å². The summed E-state index contributed by atoms with van der Waals surface area (Å²) in [4.78, 5) is 0. The molecule has 0 radical (unpaired) electrons. The molecule has 1 aromatic rings. The number of ether oxygens (including phenoxy) is 1. The average Bonchev–Trinajstić information content (AvgIpc) is 2.18. The predicted molar refractivity (Wildman–Crippen MR) is 59.5 cm³/mol. The summed E-state index contributed by atoms with van der Waals surface area (Å²) in [5.41, 5.74) is 7.09. The predicted octanol–water partition coefficient (Wildman–Crippen LogP) is 2.76. The largest absolute Gasteiger partial charge is 0.382 e. The summed E-state index contributed by atoms with van der Waals surface area (Å²) in [6, 6.07) is 7.63. The number of hydrogen-bond donors (Lipinski definition) is 1. The van der Waals surface area contributed by atoms with Gasteiger partial charge < -0.3 is 10.5 Å². The zero-order chi connectivity index (χ0) is 10.6. The van der Waals surface area contributed by atoms with E-state index in [4.69, 9.17) is 22.1 Å². The van der Waals surface area contributed by atoms with Crippen molar-refractivity contribution >= 4 is 11.6 Å². The molecule has 1 aromatic carbocycles. The van der Waals surface area contributed by atoms with E-state index in [1.807, 2.05) is 31.2 Å². The molecule has 2 nitrogen and oxygen atoms in total. The molecule has 14 heavy (non-hydrogen) atoms. The van der Waals surface area contributed by atoms with Gasteiger partial charge in [-0.25, -0.2) is 0 Å². The van der Waals surface area contributed by atoms with Crippen LogP contribution in [0.4, 0.5) is 0 Å². The van der Waals surface area contributed by atoms with E-state index >= 15 is 0 Å². The average molecular weight is 214 g/mol. The highest BCUT2D eigenvalue weighted by Gasteiger charge is 2.09. The van der Waals surface area contributed by atoms with Crippen LogP contribution in [0.2, 0.25) is 5.02 Å². The van der Waals surface area contributed by atoms with Crippen molar-refractivity contribution in [3.05, 3.63) is 34.9 Å². The maximum absolute atomic E-state index is 6.00. The Hall–Kier alpha value is -0.570. The van der Waals surface area contributed by atoms with Gasteiger partial charge in [0, 0.05) is 18.2 Å². The van der Waals surface area contributed by atoms with E-state index < -0.39 is 0 Å². The molecule has 0 aliphatic rings. The molecule has 2 unspecified atom stereocenters. The maximum Gasteiger partial charge on any atom is 0.0561 e. The van der Waals surface area contributed by atoms with E-state index in [9.17, 15) is 0 Å². The van der Waals surface area contributed by atoms with E-state index in [-0.39, 0.29) is 12.1 Å². The highest BCUT2D eigenvalue weighted by molar-refractivity contribution is 6.30. The first-order valence-electron chi connectivity index (χ1n) is 4.67. The second-order valence-corrected chi connectivity index (χ2v) is 3.88. The third kappa shape index (κ3) is 3.29. The van der Waals surface area contributed by atoms with Gasteiger partial charge in [0.1, 0.15) is 0 Å². The SMILES string of the molecule is COC(C)CC(N)c1ccc(Cl)cc1. The molecule has 0 aromatic heterocycles. The molecule has 0 saturated heterocycles. The summed E-state index contributed by atoms with van der Waals surface area (Å²) in [5.74, 6) is 0. The Balaban J connectivity index is 2.60. The minimum absolute atomic E-state index is 0.0159. The molecule has 2 N–H and O–H groups in total. The Bertz CT molecular complexity index is 273. The van der Waals surface area contributed by atoms with Crippen molar-refractivity contribution in [3.63, 3.8) is 0 Å². The summed E-state index contributed by atoms with van der Waals surface area (Å²) < 4.78 is 5.16. The minimum Gasteiger partial charge on any atom is -0.382 e. The van der Waals surface area contributed by atoms with Crippen molar-refractivity contribution in [2.75, 3.05) is 7.11 Å². The van der Waals surface area contributed by atoms with Gasteiger partial charge in [-0.15, -0.1) is 0 Å². The van der Waals surface area contributed by atoms with E-state index in [1.54, 1.807) is 7.11 Å². The standard InChI is InChI=1S/C11H16ClNO/c1-8(14-2)7-11(13)9-3-5-10(12)6-4-9/h3-6,8,11H,7,13H2,1-2H3. The van der Waals surface area contributed by atoms with Gasteiger partial charge in [-0.2, -0.15) is 0 Å². The lowest BCUT2D eigenvalue weighted by Crippen LogP contribution is -2.17. The molecular formula is C11H16ClNO. The number of hydrogen-bond acceptors (Lipinski definition) is 2. The first-order chi connectivity index (χ1) is 6.63. The van der Waals surface area contributed by atoms with Gasteiger partial charge in [-0.05, 0) is 31.0 Å². The van der Waals surface area contributed by atoms with Crippen molar-refractivity contribution in [1.29, 1.82) is 0 Å². The van der Waals surface area contributed by atoms with Crippen molar-refractivity contribution in [2.45, 2.75) is 25.5 Å². The van der Waals surface area contributed by atoms with Crippen LogP contribution in [0.1, 0.15) is 24.9 Å². The van der Waals surface area contributed by atoms with Crippen molar-refractivity contribution in [2.24, 2.45) is 5.73 Å². The molecule has 0 saturated carbocycles. The Labute approximate surface area is 90.0 Å². The fourth-order valence-corrected chi connectivity index (χ4v) is 1.43. The second-order valence-electron chi connectivity index (χ2n) is 3.44. The van der Waals surface area contributed by atoms with Gasteiger partial charge >= 0.3 is 0 Å². The Morgan fingerprint density at radius 1 is 1.36 bits per heavy atom. The van der Waals surface area contributed by atoms with Gasteiger partial charge in [0.05, 0.1) is 6.10 Å². The Kier molecular flexibility index (Phi) is 4.39. The van der Waals surface area contributed by atoms with E-state index in [0.29, 0.717) is 0 Å². The minimum atomic E-state index is 0.0159. The Morgan fingerprint density at radius 3 is 2.43 bits per heavy atom. The van der Waals surface area contributed by atoms with Crippen molar-refractivity contribution in [3.8, 4) is 0 Å². The van der Waals surface area contributed by atoms with Gasteiger partial charge in [-0.3, -0.25) is 0 Å². The molecular weight excluding hydrogens is 198 g/mol. The van der Waals surface area contributed by atoms with Crippen LogP contribution in [0.3, 0.4) is 0 Å². The van der Waals surface area contributed by atoms with Crippen LogP contribution >= 0.6 is 11.6 Å². The van der Waals surface area contributed by atoms with Gasteiger partial charge in [-0.1, -0.05) is 23.7 Å². The van der Waals surface area contributed by atoms with E-state index in [2.05, 4.69) is 0 Å². The van der Waals surface area contributed by atoms with Crippen LogP contribution in [0.15, 0.2) is 24.3 Å². The lowest BCUT2D eigenvalue weighted by Gasteiger charge is -2.16. The number of methoxy groups -OCH3 is 1. The number of halogens is 1. The highest BCUT2D eigenvalue weighted by Crippen LogP contribution is 2.19. The molecule has 0 heterocycles. The third-order valence-corrected chi connectivity index (χ3v) is 2.54. The van der Waals surface area contributed by atoms with Gasteiger partial charge in [0.25, 0.3) is 0 Å². The molecule has 0 spiro atoms. The first-order valence-corrected chi connectivity index (χ1v) is 5.05. The first kappa shape index (κ1) is 11.5. The summed E-state index contributed by atoms with van der Waals surface area (Å²) in [6.45, 7) is 2.01. The zero-order valence-electron chi connectivity index (χ0n) is 8.53. The molecule has 1 rings (SSSR count). The molecule has 0 amide bonds. The van der Waals surface area contributed by atoms with Gasteiger partial charge in [0.2, 0.25) is 0 Å². The zero-order valence-corrected chi connectivity index (χ0v) is 9.29. The Morgan fingerprint density at radius 2 is 1.93 bits per heavy atom. The fourth-order valence-electron chi connectivity index (χ4n) is 1.30. The summed E-state index contributed by atoms with van der Waals surface area (Å²) in [5, 5.41) is 0.737. The van der Waals surface area contributed by atoms with Crippen LogP contribution in [0.25, 0.3) is 0 Å². The molecule has 0 fully saturated rings. The van der Waals surface area contributed by atoms with Crippen LogP contribution in [0, 0.1) is 0 Å². The second kappa shape index (κ2) is 5.35. The monoisotopic (exact) mass is 213 g/mol. The lowest BCUT2D eigenvalue weighted by molar-refractivity contribution is 0.104. The highest BCUT2D eigenvalue weighted by atomic mass is 35.5. The summed E-state index contributed by atoms with van der Waals surface area (Å²) in [6.07, 6.45) is 0.999. The van der Waals surface area contributed by atoms with E-state index in [0.717, 1.165) is 17.0 Å². The molecule has 0 aliphatic heterocycles. The molecule has 78 valence electrons. The topological polar surface area (TPSA) is 35.2 Å². The van der Waals surface area contributed by atoms with Crippen LogP contribution < -0.4 is 5.73 Å². The van der Waals surface area contributed by atoms with Crippen molar-refractivity contribution < 1.29 is 4.74 Å². The molecule has 0 aliphatic carbocycles. The number of benzene rings is 1. The molecule has 0 bridgehead atoms. The number of nitrogens with two attached hydrogens (primary N) is 1. The van der Waals surface area contributed by atoms with Crippen molar-refractivity contribution in [1.82, 2.24) is 0 Å². The molecule has 2 atom stereocenters. The quantitative estimate of drug-likeness (QED) is 0.835. The van der Waals surface area contributed by atoms with E-state index in [1.165, 1.54) is 0 Å². The lowest BCUT2D eigenvalue weighted by atomic mass is 10.0. The number of rotatable bonds is 4. The fraction of sp³-hybridized carbons (Fsp3) is 0.455. The van der Waals surface area contributed by atoms with Crippen LogP contribution in [0.5, 0.6) is 0 Å². The van der Waals surface area contributed by atoms with Gasteiger partial charge in [0.15, 0.2) is 0 Å². The normalized spacial score (nSPS) is 15.1. The summed E-state index contributed by atoms with van der Waals surface area (Å²) >= 11 is 5.78. The molecule has 3 heteroatoms. The maximum atomic E-state index is 6.00. The van der Waals surface area contributed by atoms with Crippen LogP contribution in [-0.2, 0) is 4.74 Å². The third-order valence-electron chi connectivity index (χ3n) is 2.29. The summed E-state index contributed by atoms with van der Waals surface area (Å²) in [7, 11) is 1.69. The smallest absolute Gasteiger partial charge is 0.0561 e.